The van der Waals surface area contributed by atoms with Crippen molar-refractivity contribution in [1.29, 1.82) is 0 Å². The number of nitrogens with zero attached hydrogens (tertiary/aromatic N) is 1. The summed E-state index contributed by atoms with van der Waals surface area (Å²) in [5.41, 5.74) is 1.55. The summed E-state index contributed by atoms with van der Waals surface area (Å²) in [5.74, 6) is -0.629. The summed E-state index contributed by atoms with van der Waals surface area (Å²) in [6, 6.07) is 9.08. The van der Waals surface area contributed by atoms with Crippen LogP contribution in [0.1, 0.15) is 22.3 Å². The van der Waals surface area contributed by atoms with Crippen LogP contribution in [0.5, 0.6) is 11.5 Å². The van der Waals surface area contributed by atoms with E-state index in [0.717, 1.165) is 0 Å². The van der Waals surface area contributed by atoms with Gasteiger partial charge in [0.1, 0.15) is 5.82 Å². The number of carbonyl (C=O) groups excluding carboxylic acids is 1. The Hall–Kier alpha value is -2.69. The largest absolute Gasteiger partial charge is 0.504 e. The van der Waals surface area contributed by atoms with Gasteiger partial charge in [-0.3, -0.25) is 9.79 Å². The van der Waals surface area contributed by atoms with Crippen molar-refractivity contribution in [2.75, 3.05) is 7.11 Å². The second-order valence-electron chi connectivity index (χ2n) is 4.68. The minimum absolute atomic E-state index is 0.0111. The van der Waals surface area contributed by atoms with E-state index in [1.807, 2.05) is 0 Å². The lowest BCUT2D eigenvalue weighted by molar-refractivity contribution is 0.0996. The highest BCUT2D eigenvalue weighted by molar-refractivity contribution is 6.22. The molecule has 0 aromatic heterocycles. The highest BCUT2D eigenvalue weighted by atomic mass is 19.1. The summed E-state index contributed by atoms with van der Waals surface area (Å²) in [6.07, 6.45) is 0.0111. The number of aliphatic imine (C=N–C) groups is 1. The molecule has 21 heavy (non-hydrogen) atoms. The van der Waals surface area contributed by atoms with Crippen LogP contribution in [0.15, 0.2) is 41.4 Å². The normalized spacial score (nSPS) is 13.6. The van der Waals surface area contributed by atoms with Gasteiger partial charge in [-0.15, -0.1) is 0 Å². The van der Waals surface area contributed by atoms with Gasteiger partial charge in [0, 0.05) is 0 Å². The summed E-state index contributed by atoms with van der Waals surface area (Å²) in [5, 5.41) is 10.0. The zero-order chi connectivity index (χ0) is 15.0. The number of ketones is 1. The molecule has 0 radical (unpaired) electrons. The first-order chi connectivity index (χ1) is 10.1. The van der Waals surface area contributed by atoms with Crippen LogP contribution in [0.2, 0.25) is 0 Å². The lowest BCUT2D eigenvalue weighted by Crippen LogP contribution is -2.15. The third kappa shape index (κ3) is 2.27. The summed E-state index contributed by atoms with van der Waals surface area (Å²) in [6.45, 7) is 0. The van der Waals surface area contributed by atoms with Crippen molar-refractivity contribution in [2.24, 2.45) is 4.99 Å². The van der Waals surface area contributed by atoms with E-state index in [1.165, 1.54) is 19.2 Å². The van der Waals surface area contributed by atoms with E-state index in [9.17, 15) is 14.3 Å². The molecule has 0 saturated carbocycles. The zero-order valence-corrected chi connectivity index (χ0v) is 11.3. The summed E-state index contributed by atoms with van der Waals surface area (Å²) >= 11 is 0. The number of phenolic OH excluding ortho intramolecular Hbond substituents is 1. The third-order valence-corrected chi connectivity index (χ3v) is 3.36. The first kappa shape index (κ1) is 13.3. The smallest absolute Gasteiger partial charge is 0.174 e. The number of rotatable bonds is 2. The molecule has 1 heterocycles. The second-order valence-corrected chi connectivity index (χ2v) is 4.68. The van der Waals surface area contributed by atoms with Crippen molar-refractivity contribution in [3.63, 3.8) is 0 Å². The average Bonchev–Trinajstić information content (AvgIpc) is 2.47. The van der Waals surface area contributed by atoms with Crippen LogP contribution in [-0.2, 0) is 0 Å². The van der Waals surface area contributed by atoms with Gasteiger partial charge in [-0.05, 0) is 29.8 Å². The minimum Gasteiger partial charge on any atom is -0.504 e. The van der Waals surface area contributed by atoms with Crippen molar-refractivity contribution in [3.05, 3.63) is 53.3 Å². The number of phenols is 1. The molecule has 3 rings (SSSR count). The molecule has 0 fully saturated rings. The molecule has 2 aromatic carbocycles. The van der Waals surface area contributed by atoms with Crippen LogP contribution in [0.3, 0.4) is 0 Å². The average molecular weight is 285 g/mol. The number of fused-ring (bicyclic) bond motifs is 1. The van der Waals surface area contributed by atoms with Gasteiger partial charge in [-0.2, -0.15) is 0 Å². The number of carbonyl (C=O) groups is 1. The Morgan fingerprint density at radius 3 is 2.81 bits per heavy atom. The first-order valence-corrected chi connectivity index (χ1v) is 6.37. The third-order valence-electron chi connectivity index (χ3n) is 3.36. The van der Waals surface area contributed by atoms with E-state index in [1.54, 1.807) is 24.3 Å². The number of ether oxygens (including phenoxy) is 1. The number of halogens is 1. The summed E-state index contributed by atoms with van der Waals surface area (Å²) < 4.78 is 18.3. The van der Waals surface area contributed by atoms with Crippen LogP contribution < -0.4 is 4.74 Å². The Labute approximate surface area is 120 Å². The molecule has 2 aromatic rings. The fourth-order valence-electron chi connectivity index (χ4n) is 2.35. The van der Waals surface area contributed by atoms with Gasteiger partial charge in [0.2, 0.25) is 0 Å². The van der Waals surface area contributed by atoms with Gasteiger partial charge in [0.15, 0.2) is 17.3 Å². The maximum absolute atomic E-state index is 13.3. The van der Waals surface area contributed by atoms with Gasteiger partial charge < -0.3 is 9.84 Å². The summed E-state index contributed by atoms with van der Waals surface area (Å²) in [7, 11) is 1.41. The Morgan fingerprint density at radius 1 is 1.29 bits per heavy atom. The maximum Gasteiger partial charge on any atom is 0.174 e. The number of benzene rings is 2. The number of hydrogen-bond acceptors (Lipinski definition) is 4. The molecule has 1 N–H and O–H groups in total. The van der Waals surface area contributed by atoms with Gasteiger partial charge >= 0.3 is 0 Å². The van der Waals surface area contributed by atoms with Gasteiger partial charge in [-0.1, -0.05) is 12.1 Å². The molecule has 5 heteroatoms. The van der Waals surface area contributed by atoms with E-state index in [-0.39, 0.29) is 35.1 Å². The van der Waals surface area contributed by atoms with Crippen molar-refractivity contribution in [2.45, 2.75) is 6.42 Å². The Bertz CT molecular complexity index is 768. The molecule has 4 nitrogen and oxygen atoms in total. The van der Waals surface area contributed by atoms with Crippen molar-refractivity contribution < 1.29 is 19.0 Å². The van der Waals surface area contributed by atoms with Crippen LogP contribution in [-0.4, -0.2) is 23.7 Å². The fraction of sp³-hybridized carbons (Fsp3) is 0.125. The quantitative estimate of drug-likeness (QED) is 0.921. The highest BCUT2D eigenvalue weighted by Gasteiger charge is 2.26. The number of methoxy groups -OCH3 is 1. The van der Waals surface area contributed by atoms with Crippen molar-refractivity contribution in [3.8, 4) is 11.5 Å². The van der Waals surface area contributed by atoms with Crippen LogP contribution in [0.25, 0.3) is 0 Å². The number of Topliss-reactive ketones (excluding diaryl/α,β-unsaturated/α-hetero) is 1. The van der Waals surface area contributed by atoms with Crippen LogP contribution in [0, 0.1) is 5.82 Å². The van der Waals surface area contributed by atoms with E-state index in [4.69, 9.17) is 4.74 Å². The van der Waals surface area contributed by atoms with Gasteiger partial charge in [0.25, 0.3) is 0 Å². The molecule has 0 atom stereocenters. The van der Waals surface area contributed by atoms with E-state index >= 15 is 0 Å². The highest BCUT2D eigenvalue weighted by Crippen LogP contribution is 2.40. The molecule has 1 aliphatic heterocycles. The lowest BCUT2D eigenvalue weighted by Gasteiger charge is -2.17. The number of hydrogen-bond donors (Lipinski definition) is 1. The molecule has 0 bridgehead atoms. The minimum atomic E-state index is -0.383. The molecule has 0 aliphatic carbocycles. The van der Waals surface area contributed by atoms with Gasteiger partial charge in [-0.25, -0.2) is 4.39 Å². The second kappa shape index (κ2) is 5.01. The standard InChI is InChI=1S/C16H12FNO3/c1-21-14-6-5-11-15(16(14)20)13(19)8-12(18-11)9-3-2-4-10(17)7-9/h2-7,20H,8H2,1H3. The van der Waals surface area contributed by atoms with Crippen LogP contribution >= 0.6 is 0 Å². The van der Waals surface area contributed by atoms with Crippen LogP contribution in [0.4, 0.5) is 10.1 Å². The molecular formula is C16H12FNO3. The number of aromatic hydroxyl groups is 1. The van der Waals surface area contributed by atoms with Crippen molar-refractivity contribution in [1.82, 2.24) is 0 Å². The molecule has 0 amide bonds. The molecule has 1 aliphatic rings. The molecule has 0 saturated heterocycles. The fourth-order valence-corrected chi connectivity index (χ4v) is 2.35. The molecule has 106 valence electrons. The van der Waals surface area contributed by atoms with E-state index < -0.39 is 0 Å². The molecule has 0 spiro atoms. The summed E-state index contributed by atoms with van der Waals surface area (Å²) in [4.78, 5) is 16.6. The van der Waals surface area contributed by atoms with Gasteiger partial charge in [0.05, 0.1) is 30.5 Å². The Morgan fingerprint density at radius 2 is 2.10 bits per heavy atom. The lowest BCUT2D eigenvalue weighted by atomic mass is 9.95. The van der Waals surface area contributed by atoms with E-state index in [0.29, 0.717) is 17.0 Å². The molecular weight excluding hydrogens is 273 g/mol. The molecule has 0 unspecified atom stereocenters. The monoisotopic (exact) mass is 285 g/mol. The predicted octanol–water partition coefficient (Wildman–Crippen LogP) is 3.25. The Balaban J connectivity index is 2.13. The maximum atomic E-state index is 13.3. The van der Waals surface area contributed by atoms with E-state index in [2.05, 4.69) is 4.99 Å². The SMILES string of the molecule is COc1ccc2c(c1O)C(=O)CC(c1cccc(F)c1)=N2. The van der Waals surface area contributed by atoms with Crippen molar-refractivity contribution >= 4 is 17.2 Å². The zero-order valence-electron chi connectivity index (χ0n) is 11.3. The first-order valence-electron chi connectivity index (χ1n) is 6.37. The predicted molar refractivity (Wildman–Crippen MR) is 76.2 cm³/mol. The Kier molecular flexibility index (Phi) is 3.17. The topological polar surface area (TPSA) is 58.9 Å².